The third-order valence-electron chi connectivity index (χ3n) is 5.09. The lowest BCUT2D eigenvalue weighted by atomic mass is 10.0. The Morgan fingerprint density at radius 2 is 2.07 bits per heavy atom. The molecule has 0 bridgehead atoms. The number of amides is 2. The second kappa shape index (κ2) is 7.23. The lowest BCUT2D eigenvalue weighted by Crippen LogP contribution is -2.45. The molecule has 2 aliphatic rings. The summed E-state index contributed by atoms with van der Waals surface area (Å²) < 4.78 is 39.2. The maximum atomic E-state index is 14.7. The quantitative estimate of drug-likeness (QED) is 0.817. The summed E-state index contributed by atoms with van der Waals surface area (Å²) in [5, 5.41) is 2.78. The minimum atomic E-state index is -0.790. The summed E-state index contributed by atoms with van der Waals surface area (Å²) in [6.45, 7) is 2.02. The van der Waals surface area contributed by atoms with Crippen molar-refractivity contribution < 1.29 is 27.8 Å². The van der Waals surface area contributed by atoms with Gasteiger partial charge in [-0.15, -0.1) is 0 Å². The number of halogens is 2. The zero-order valence-corrected chi connectivity index (χ0v) is 15.6. The van der Waals surface area contributed by atoms with Gasteiger partial charge in [0, 0.05) is 18.7 Å². The van der Waals surface area contributed by atoms with Crippen LogP contribution < -0.4 is 25.4 Å². The number of primary amides is 1. The Morgan fingerprint density at radius 1 is 1.28 bits per heavy atom. The third-order valence-corrected chi connectivity index (χ3v) is 5.09. The zero-order chi connectivity index (χ0) is 20.7. The molecule has 3 N–H and O–H groups in total. The number of ether oxygens (including phenoxy) is 2. The van der Waals surface area contributed by atoms with Gasteiger partial charge in [0.05, 0.1) is 18.2 Å². The second-order valence-corrected chi connectivity index (χ2v) is 7.06. The van der Waals surface area contributed by atoms with Gasteiger partial charge in [-0.05, 0) is 24.1 Å². The van der Waals surface area contributed by atoms with Gasteiger partial charge >= 0.3 is 0 Å². The number of carbonyl (C=O) groups is 2. The molecular formula is C20H19F2N3O4. The van der Waals surface area contributed by atoms with Crippen molar-refractivity contribution in [2.75, 3.05) is 23.4 Å². The first-order valence-corrected chi connectivity index (χ1v) is 9.05. The Hall–Kier alpha value is -3.36. The van der Waals surface area contributed by atoms with Crippen LogP contribution in [0.4, 0.5) is 20.2 Å². The van der Waals surface area contributed by atoms with Crippen molar-refractivity contribution in [3.05, 3.63) is 47.0 Å². The number of nitrogens with zero attached hydrogens (tertiary/aromatic N) is 1. The number of hydrogen-bond acceptors (Lipinski definition) is 5. The van der Waals surface area contributed by atoms with Gasteiger partial charge in [0.25, 0.3) is 5.91 Å². The van der Waals surface area contributed by atoms with E-state index in [4.69, 9.17) is 15.2 Å². The van der Waals surface area contributed by atoms with Crippen LogP contribution in [0.3, 0.4) is 0 Å². The number of nitrogens with one attached hydrogen (secondary N) is 1. The SMILES string of the molecule is Cc1c(CN2c3c(F)cc(F)cc3OC[C@@H]2CC(N)=O)ccc2c1NC(=O)CO2. The molecule has 0 fully saturated rings. The van der Waals surface area contributed by atoms with Gasteiger partial charge in [-0.2, -0.15) is 0 Å². The summed E-state index contributed by atoms with van der Waals surface area (Å²) in [4.78, 5) is 24.9. The van der Waals surface area contributed by atoms with Crippen molar-refractivity contribution in [3.63, 3.8) is 0 Å². The Labute approximate surface area is 165 Å². The molecule has 0 unspecified atom stereocenters. The molecule has 0 saturated carbocycles. The third kappa shape index (κ3) is 3.55. The largest absolute Gasteiger partial charge is 0.489 e. The minimum absolute atomic E-state index is 0.0555. The van der Waals surface area contributed by atoms with Gasteiger partial charge in [-0.1, -0.05) is 6.07 Å². The number of anilines is 2. The second-order valence-electron chi connectivity index (χ2n) is 7.06. The smallest absolute Gasteiger partial charge is 0.262 e. The maximum Gasteiger partial charge on any atom is 0.262 e. The van der Waals surface area contributed by atoms with E-state index in [-0.39, 0.29) is 43.5 Å². The lowest BCUT2D eigenvalue weighted by Gasteiger charge is -2.39. The highest BCUT2D eigenvalue weighted by Gasteiger charge is 2.33. The summed E-state index contributed by atoms with van der Waals surface area (Å²) in [6.07, 6.45) is -0.0555. The molecule has 0 aliphatic carbocycles. The van der Waals surface area contributed by atoms with Crippen LogP contribution in [0.5, 0.6) is 11.5 Å². The molecule has 2 heterocycles. The Balaban J connectivity index is 1.75. The number of carbonyl (C=O) groups excluding carboxylic acids is 2. The average Bonchev–Trinajstić information content (AvgIpc) is 2.65. The monoisotopic (exact) mass is 403 g/mol. The summed E-state index contributed by atoms with van der Waals surface area (Å²) in [6, 6.07) is 4.89. The molecule has 2 aromatic rings. The van der Waals surface area contributed by atoms with E-state index in [1.54, 1.807) is 11.0 Å². The highest BCUT2D eigenvalue weighted by atomic mass is 19.1. The fraction of sp³-hybridized carbons (Fsp3) is 0.300. The van der Waals surface area contributed by atoms with Crippen molar-refractivity contribution in [2.45, 2.75) is 25.9 Å². The number of nitrogens with two attached hydrogens (primary N) is 1. The topological polar surface area (TPSA) is 93.9 Å². The number of fused-ring (bicyclic) bond motifs is 2. The van der Waals surface area contributed by atoms with Gasteiger partial charge in [-0.3, -0.25) is 9.59 Å². The molecule has 7 nitrogen and oxygen atoms in total. The van der Waals surface area contributed by atoms with Gasteiger partial charge < -0.3 is 25.4 Å². The molecule has 1 atom stereocenters. The van der Waals surface area contributed by atoms with Crippen LogP contribution in [0.2, 0.25) is 0 Å². The highest BCUT2D eigenvalue weighted by molar-refractivity contribution is 5.96. The van der Waals surface area contributed by atoms with Crippen molar-refractivity contribution in [1.82, 2.24) is 0 Å². The molecule has 2 aromatic carbocycles. The van der Waals surface area contributed by atoms with Crippen LogP contribution in [0, 0.1) is 18.6 Å². The zero-order valence-electron chi connectivity index (χ0n) is 15.6. The normalized spacial score (nSPS) is 17.6. The van der Waals surface area contributed by atoms with E-state index < -0.39 is 23.6 Å². The predicted molar refractivity (Wildman–Crippen MR) is 101 cm³/mol. The molecule has 2 aliphatic heterocycles. The Kier molecular flexibility index (Phi) is 4.73. The van der Waals surface area contributed by atoms with E-state index in [0.29, 0.717) is 11.4 Å². The van der Waals surface area contributed by atoms with Crippen LogP contribution >= 0.6 is 0 Å². The van der Waals surface area contributed by atoms with Gasteiger partial charge in [0.2, 0.25) is 5.91 Å². The summed E-state index contributed by atoms with van der Waals surface area (Å²) in [5.74, 6) is -1.74. The minimum Gasteiger partial charge on any atom is -0.489 e. The molecule has 0 spiro atoms. The summed E-state index contributed by atoms with van der Waals surface area (Å²) >= 11 is 0. The van der Waals surface area contributed by atoms with Crippen LogP contribution in [0.25, 0.3) is 0 Å². The van der Waals surface area contributed by atoms with Crippen LogP contribution in [-0.2, 0) is 16.1 Å². The Bertz CT molecular complexity index is 1010. The summed E-state index contributed by atoms with van der Waals surface area (Å²) in [5.41, 5.74) is 7.52. The number of benzene rings is 2. The molecule has 0 aromatic heterocycles. The van der Waals surface area contributed by atoms with Crippen LogP contribution in [0.15, 0.2) is 24.3 Å². The van der Waals surface area contributed by atoms with Gasteiger partial charge in [0.1, 0.15) is 29.6 Å². The number of hydrogen-bond donors (Lipinski definition) is 2. The van der Waals surface area contributed by atoms with E-state index in [1.807, 2.05) is 13.0 Å². The fourth-order valence-electron chi connectivity index (χ4n) is 3.68. The standard InChI is InChI=1S/C20H19F2N3O4/c1-10-11(2-3-15-19(10)24-18(27)9-29-15)7-25-13(6-17(23)26)8-28-16-5-12(21)4-14(22)20(16)25/h2-5,13H,6-9H2,1H3,(H2,23,26)(H,24,27)/t13-/m0/s1. The highest BCUT2D eigenvalue weighted by Crippen LogP contribution is 2.40. The molecule has 2 amide bonds. The van der Waals surface area contributed by atoms with Crippen molar-refractivity contribution in [2.24, 2.45) is 5.73 Å². The first-order valence-electron chi connectivity index (χ1n) is 9.05. The van der Waals surface area contributed by atoms with Crippen molar-refractivity contribution in [3.8, 4) is 11.5 Å². The summed E-state index contributed by atoms with van der Waals surface area (Å²) in [7, 11) is 0. The molecule has 0 saturated heterocycles. The molecule has 9 heteroatoms. The first kappa shape index (κ1) is 19.0. The van der Waals surface area contributed by atoms with E-state index in [9.17, 15) is 18.4 Å². The predicted octanol–water partition coefficient (Wildman–Crippen LogP) is 2.25. The van der Waals surface area contributed by atoms with Gasteiger partial charge in [-0.25, -0.2) is 8.78 Å². The molecule has 4 rings (SSSR count). The Morgan fingerprint density at radius 3 is 2.83 bits per heavy atom. The van der Waals surface area contributed by atoms with E-state index in [2.05, 4.69) is 5.32 Å². The van der Waals surface area contributed by atoms with Crippen LogP contribution in [0.1, 0.15) is 17.5 Å². The maximum absolute atomic E-state index is 14.7. The molecule has 152 valence electrons. The molecule has 29 heavy (non-hydrogen) atoms. The van der Waals surface area contributed by atoms with Crippen molar-refractivity contribution in [1.29, 1.82) is 0 Å². The van der Waals surface area contributed by atoms with Crippen LogP contribution in [-0.4, -0.2) is 31.1 Å². The van der Waals surface area contributed by atoms with E-state index in [0.717, 1.165) is 23.3 Å². The van der Waals surface area contributed by atoms with Gasteiger partial charge in [0.15, 0.2) is 12.4 Å². The fourth-order valence-corrected chi connectivity index (χ4v) is 3.68. The molecular weight excluding hydrogens is 384 g/mol. The van der Waals surface area contributed by atoms with E-state index in [1.165, 1.54) is 0 Å². The van der Waals surface area contributed by atoms with E-state index >= 15 is 0 Å². The average molecular weight is 403 g/mol. The number of rotatable bonds is 4. The lowest BCUT2D eigenvalue weighted by molar-refractivity contribution is -0.119. The molecule has 0 radical (unpaired) electrons. The van der Waals surface area contributed by atoms with Crippen molar-refractivity contribution >= 4 is 23.2 Å². The first-order chi connectivity index (χ1) is 13.8.